The Balaban J connectivity index is 0.00000220. The smallest absolute Gasteiger partial charge is 0.226 e. The lowest BCUT2D eigenvalue weighted by molar-refractivity contribution is -0.120. The summed E-state index contributed by atoms with van der Waals surface area (Å²) in [5.41, 5.74) is 6.18. The first-order valence-corrected chi connectivity index (χ1v) is 8.16. The molecule has 2 heterocycles. The van der Waals surface area contributed by atoms with Gasteiger partial charge in [0.25, 0.3) is 0 Å². The number of rotatable bonds is 5. The summed E-state index contributed by atoms with van der Waals surface area (Å²) in [6, 6.07) is 3.78. The van der Waals surface area contributed by atoms with E-state index in [2.05, 4.69) is 10.3 Å². The van der Waals surface area contributed by atoms with Gasteiger partial charge in [-0.05, 0) is 26.0 Å². The number of aromatic nitrogens is 1. The van der Waals surface area contributed by atoms with Crippen molar-refractivity contribution in [3.05, 3.63) is 27.5 Å². The highest BCUT2D eigenvalue weighted by atomic mass is 35.5. The minimum absolute atomic E-state index is 0. The molecule has 0 aliphatic heterocycles. The van der Waals surface area contributed by atoms with Gasteiger partial charge in [0.1, 0.15) is 5.01 Å². The fourth-order valence-electron chi connectivity index (χ4n) is 1.48. The van der Waals surface area contributed by atoms with Gasteiger partial charge in [-0.1, -0.05) is 11.6 Å². The Kier molecular flexibility index (Phi) is 8.90. The molecule has 2 rings (SSSR count). The average Bonchev–Trinajstić information content (AvgIpc) is 2.94. The Morgan fingerprint density at radius 3 is 2.64 bits per heavy atom. The number of hydrogen-bond donors (Lipinski definition) is 2. The molecule has 2 aromatic heterocycles. The number of thiophene rings is 1. The van der Waals surface area contributed by atoms with E-state index in [-0.39, 0.29) is 37.1 Å². The molecule has 0 spiro atoms. The largest absolute Gasteiger partial charge is 0.354 e. The zero-order chi connectivity index (χ0) is 14.8. The van der Waals surface area contributed by atoms with Crippen LogP contribution in [0.25, 0.3) is 9.88 Å². The lowest BCUT2D eigenvalue weighted by atomic mass is 10.1. The van der Waals surface area contributed by atoms with E-state index >= 15 is 0 Å². The summed E-state index contributed by atoms with van der Waals surface area (Å²) in [6.07, 6.45) is 0.270. The van der Waals surface area contributed by atoms with Crippen LogP contribution >= 0.6 is 59.1 Å². The average molecular weight is 403 g/mol. The first kappa shape index (κ1) is 21.6. The molecule has 0 fully saturated rings. The summed E-state index contributed by atoms with van der Waals surface area (Å²) in [5, 5.41) is 5.60. The molecular weight excluding hydrogens is 385 g/mol. The van der Waals surface area contributed by atoms with Gasteiger partial charge in [0.05, 0.1) is 21.3 Å². The molecule has 0 bridgehead atoms. The van der Waals surface area contributed by atoms with Gasteiger partial charge in [-0.25, -0.2) is 4.98 Å². The third-order valence-electron chi connectivity index (χ3n) is 2.42. The lowest BCUT2D eigenvalue weighted by Crippen LogP contribution is -2.45. The van der Waals surface area contributed by atoms with E-state index < -0.39 is 5.54 Å². The summed E-state index contributed by atoms with van der Waals surface area (Å²) >= 11 is 8.91. The number of halogens is 3. The van der Waals surface area contributed by atoms with Gasteiger partial charge >= 0.3 is 0 Å². The highest BCUT2D eigenvalue weighted by molar-refractivity contribution is 7.23. The number of nitrogens with two attached hydrogens (primary N) is 1. The van der Waals surface area contributed by atoms with E-state index in [9.17, 15) is 4.79 Å². The molecule has 3 N–H and O–H groups in total. The van der Waals surface area contributed by atoms with E-state index in [0.717, 1.165) is 19.9 Å². The summed E-state index contributed by atoms with van der Waals surface area (Å²) in [4.78, 5) is 17.3. The molecule has 0 radical (unpaired) electrons. The Morgan fingerprint density at radius 1 is 1.41 bits per heavy atom. The van der Waals surface area contributed by atoms with Crippen LogP contribution in [-0.4, -0.2) is 23.0 Å². The van der Waals surface area contributed by atoms with Gasteiger partial charge in [-0.15, -0.1) is 47.5 Å². The number of carbonyl (C=O) groups is 1. The van der Waals surface area contributed by atoms with Crippen molar-refractivity contribution >= 4 is 65.0 Å². The third-order valence-corrected chi connectivity index (χ3v) is 4.71. The summed E-state index contributed by atoms with van der Waals surface area (Å²) < 4.78 is 0.736. The quantitative estimate of drug-likeness (QED) is 0.800. The molecule has 4 nitrogen and oxygen atoms in total. The standard InChI is InChI=1S/C13H16ClN3OS2.2ClH/c1-13(2,15)7-16-11(18)5-8-6-19-12(17-8)9-3-4-10(14)20-9;;/h3-4,6H,5,7,15H2,1-2H3,(H,16,18);2*1H. The van der Waals surface area contributed by atoms with Gasteiger partial charge in [0.2, 0.25) is 5.91 Å². The van der Waals surface area contributed by atoms with Crippen molar-refractivity contribution in [3.8, 4) is 9.88 Å². The predicted molar refractivity (Wildman–Crippen MR) is 99.9 cm³/mol. The van der Waals surface area contributed by atoms with Crippen molar-refractivity contribution in [2.24, 2.45) is 5.73 Å². The van der Waals surface area contributed by atoms with Crippen molar-refractivity contribution in [1.82, 2.24) is 10.3 Å². The Bertz CT molecular complexity index is 608. The van der Waals surface area contributed by atoms with E-state index in [1.54, 1.807) is 0 Å². The summed E-state index contributed by atoms with van der Waals surface area (Å²) in [6.45, 7) is 4.19. The van der Waals surface area contributed by atoms with E-state index in [1.807, 2.05) is 31.4 Å². The molecular formula is C13H18Cl3N3OS2. The minimum Gasteiger partial charge on any atom is -0.354 e. The maximum Gasteiger partial charge on any atom is 0.226 e. The Hall–Kier alpha value is -0.370. The van der Waals surface area contributed by atoms with Crippen molar-refractivity contribution in [1.29, 1.82) is 0 Å². The van der Waals surface area contributed by atoms with E-state index in [0.29, 0.717) is 6.54 Å². The fourth-order valence-corrected chi connectivity index (χ4v) is 3.42. The molecule has 0 aromatic carbocycles. The van der Waals surface area contributed by atoms with E-state index in [1.165, 1.54) is 22.7 Å². The predicted octanol–water partition coefficient (Wildman–Crippen LogP) is 3.76. The Morgan fingerprint density at radius 2 is 2.09 bits per heavy atom. The maximum atomic E-state index is 11.8. The van der Waals surface area contributed by atoms with Gasteiger partial charge in [-0.2, -0.15) is 0 Å². The highest BCUT2D eigenvalue weighted by Crippen LogP contribution is 2.32. The number of thiazole rings is 1. The van der Waals surface area contributed by atoms with Crippen LogP contribution < -0.4 is 11.1 Å². The normalized spacial score (nSPS) is 10.5. The molecule has 2 aromatic rings. The zero-order valence-corrected chi connectivity index (χ0v) is 16.1. The summed E-state index contributed by atoms with van der Waals surface area (Å²) in [7, 11) is 0. The monoisotopic (exact) mass is 401 g/mol. The van der Waals surface area contributed by atoms with Gasteiger partial charge in [0, 0.05) is 17.5 Å². The summed E-state index contributed by atoms with van der Waals surface area (Å²) in [5.74, 6) is -0.0652. The van der Waals surface area contributed by atoms with Crippen molar-refractivity contribution in [2.75, 3.05) is 6.54 Å². The van der Waals surface area contributed by atoms with Crippen LogP contribution in [0.4, 0.5) is 0 Å². The van der Waals surface area contributed by atoms with Crippen molar-refractivity contribution in [2.45, 2.75) is 25.8 Å². The van der Waals surface area contributed by atoms with Crippen LogP contribution in [0.3, 0.4) is 0 Å². The molecule has 9 heteroatoms. The van der Waals surface area contributed by atoms with Gasteiger partial charge in [0.15, 0.2) is 0 Å². The SMILES string of the molecule is CC(C)(N)CNC(=O)Cc1csc(-c2ccc(Cl)s2)n1.Cl.Cl. The van der Waals surface area contributed by atoms with Gasteiger partial charge in [-0.3, -0.25) is 4.79 Å². The number of nitrogens with one attached hydrogen (secondary N) is 1. The second-order valence-electron chi connectivity index (χ2n) is 5.19. The molecule has 0 atom stereocenters. The van der Waals surface area contributed by atoms with Crippen molar-refractivity contribution in [3.63, 3.8) is 0 Å². The molecule has 0 saturated heterocycles. The first-order valence-electron chi connectivity index (χ1n) is 6.09. The minimum atomic E-state index is -0.406. The molecule has 1 amide bonds. The molecule has 0 saturated carbocycles. The van der Waals surface area contributed by atoms with Gasteiger partial charge < -0.3 is 11.1 Å². The van der Waals surface area contributed by atoms with Crippen LogP contribution in [-0.2, 0) is 11.2 Å². The molecule has 124 valence electrons. The molecule has 0 aliphatic rings. The molecule has 0 unspecified atom stereocenters. The maximum absolute atomic E-state index is 11.8. The van der Waals surface area contributed by atoms with Crippen LogP contribution in [0.1, 0.15) is 19.5 Å². The fraction of sp³-hybridized carbons (Fsp3) is 0.385. The second-order valence-corrected chi connectivity index (χ2v) is 7.76. The Labute approximate surface area is 155 Å². The zero-order valence-electron chi connectivity index (χ0n) is 12.1. The number of carbonyl (C=O) groups excluding carboxylic acids is 1. The second kappa shape index (κ2) is 9.05. The van der Waals surface area contributed by atoms with Crippen LogP contribution in [0.5, 0.6) is 0 Å². The number of amides is 1. The van der Waals surface area contributed by atoms with Crippen LogP contribution in [0.2, 0.25) is 4.34 Å². The van der Waals surface area contributed by atoms with Crippen LogP contribution in [0, 0.1) is 0 Å². The first-order chi connectivity index (χ1) is 9.33. The number of hydrogen-bond acceptors (Lipinski definition) is 5. The topological polar surface area (TPSA) is 68.0 Å². The molecule has 22 heavy (non-hydrogen) atoms. The highest BCUT2D eigenvalue weighted by Gasteiger charge is 2.14. The third kappa shape index (κ3) is 6.81. The van der Waals surface area contributed by atoms with Crippen molar-refractivity contribution < 1.29 is 4.79 Å². The van der Waals surface area contributed by atoms with E-state index in [4.69, 9.17) is 17.3 Å². The molecule has 0 aliphatic carbocycles. The number of nitrogens with zero attached hydrogens (tertiary/aromatic N) is 1. The lowest BCUT2D eigenvalue weighted by Gasteiger charge is -2.18. The van der Waals surface area contributed by atoms with Crippen LogP contribution in [0.15, 0.2) is 17.5 Å².